The zero-order valence-corrected chi connectivity index (χ0v) is 18.3. The van der Waals surface area contributed by atoms with Gasteiger partial charge < -0.3 is 9.47 Å². The van der Waals surface area contributed by atoms with Crippen LogP contribution in [0.2, 0.25) is 5.02 Å². The van der Waals surface area contributed by atoms with E-state index in [1.165, 1.54) is 13.2 Å². The van der Waals surface area contributed by atoms with Crippen molar-refractivity contribution in [2.45, 2.75) is 6.61 Å². The maximum absolute atomic E-state index is 13.0. The van der Waals surface area contributed by atoms with Gasteiger partial charge in [-0.25, -0.2) is 9.69 Å². The van der Waals surface area contributed by atoms with E-state index in [0.29, 0.717) is 34.4 Å². The van der Waals surface area contributed by atoms with Crippen LogP contribution >= 0.6 is 11.6 Å². The van der Waals surface area contributed by atoms with Crippen molar-refractivity contribution in [3.63, 3.8) is 0 Å². The average molecular weight is 463 g/mol. The molecule has 0 saturated carbocycles. The summed E-state index contributed by atoms with van der Waals surface area (Å²) in [5, 5.41) is 2.86. The molecule has 3 aromatic carbocycles. The third kappa shape index (κ3) is 5.05. The number of nitrogens with one attached hydrogen (secondary N) is 1. The van der Waals surface area contributed by atoms with Crippen LogP contribution < -0.4 is 19.7 Å². The molecule has 0 atom stereocenters. The maximum Gasteiger partial charge on any atom is 0.335 e. The van der Waals surface area contributed by atoms with Gasteiger partial charge in [-0.15, -0.1) is 0 Å². The number of carbonyl (C=O) groups excluding carboxylic acids is 3. The molecule has 4 amide bonds. The van der Waals surface area contributed by atoms with E-state index in [4.69, 9.17) is 21.1 Å². The SMILES string of the molecule is COc1ccc(N2C(=O)NC(=O)/C(=C\c3ccc(OCc4ccc(Cl)cc4)cc3)C2=O)cc1. The van der Waals surface area contributed by atoms with Crippen molar-refractivity contribution < 1.29 is 23.9 Å². The Hall–Kier alpha value is -4.10. The first-order valence-corrected chi connectivity index (χ1v) is 10.4. The van der Waals surface area contributed by atoms with E-state index in [-0.39, 0.29) is 5.57 Å². The molecular formula is C25H19ClN2O5. The molecule has 0 spiro atoms. The molecular weight excluding hydrogens is 444 g/mol. The van der Waals surface area contributed by atoms with Crippen LogP contribution in [0.4, 0.5) is 10.5 Å². The summed E-state index contributed by atoms with van der Waals surface area (Å²) in [4.78, 5) is 38.5. The van der Waals surface area contributed by atoms with E-state index in [1.807, 2.05) is 12.1 Å². The van der Waals surface area contributed by atoms with Crippen LogP contribution in [0.3, 0.4) is 0 Å². The summed E-state index contributed by atoms with van der Waals surface area (Å²) >= 11 is 5.89. The van der Waals surface area contributed by atoms with Crippen LogP contribution in [-0.2, 0) is 16.2 Å². The number of halogens is 1. The van der Waals surface area contributed by atoms with Gasteiger partial charge in [0, 0.05) is 5.02 Å². The third-order valence-electron chi connectivity index (χ3n) is 4.94. The minimum atomic E-state index is -0.807. The summed E-state index contributed by atoms with van der Waals surface area (Å²) in [6.45, 7) is 0.372. The molecule has 166 valence electrons. The van der Waals surface area contributed by atoms with Gasteiger partial charge >= 0.3 is 6.03 Å². The van der Waals surface area contributed by atoms with Crippen molar-refractivity contribution in [3.05, 3.63) is 94.5 Å². The molecule has 1 saturated heterocycles. The number of imide groups is 2. The Labute approximate surface area is 195 Å². The van der Waals surface area contributed by atoms with Gasteiger partial charge in [-0.3, -0.25) is 14.9 Å². The van der Waals surface area contributed by atoms with Gasteiger partial charge in [0.1, 0.15) is 23.7 Å². The van der Waals surface area contributed by atoms with Gasteiger partial charge in [0.05, 0.1) is 12.8 Å². The lowest BCUT2D eigenvalue weighted by Crippen LogP contribution is -2.54. The van der Waals surface area contributed by atoms with Crippen LogP contribution in [-0.4, -0.2) is 25.0 Å². The molecule has 0 aliphatic carbocycles. The van der Waals surface area contributed by atoms with Crippen LogP contribution in [0.1, 0.15) is 11.1 Å². The number of urea groups is 1. The van der Waals surface area contributed by atoms with Gasteiger partial charge in [-0.2, -0.15) is 0 Å². The van der Waals surface area contributed by atoms with Gasteiger partial charge in [0.15, 0.2) is 0 Å². The summed E-state index contributed by atoms with van der Waals surface area (Å²) in [6, 6.07) is 19.8. The number of barbiturate groups is 1. The number of benzene rings is 3. The third-order valence-corrected chi connectivity index (χ3v) is 5.19. The zero-order chi connectivity index (χ0) is 23.4. The Morgan fingerprint density at radius 1 is 0.879 bits per heavy atom. The average Bonchev–Trinajstić information content (AvgIpc) is 2.82. The van der Waals surface area contributed by atoms with Gasteiger partial charge in [-0.05, 0) is 65.7 Å². The summed E-state index contributed by atoms with van der Waals surface area (Å²) in [6.07, 6.45) is 1.43. The Bertz CT molecular complexity index is 1220. The molecule has 7 nitrogen and oxygen atoms in total. The predicted octanol–water partition coefficient (Wildman–Crippen LogP) is 4.59. The molecule has 1 aliphatic rings. The highest BCUT2D eigenvalue weighted by Gasteiger charge is 2.36. The van der Waals surface area contributed by atoms with E-state index >= 15 is 0 Å². The molecule has 4 rings (SSSR count). The number of methoxy groups -OCH3 is 1. The van der Waals surface area contributed by atoms with Crippen molar-refractivity contribution >= 4 is 41.2 Å². The van der Waals surface area contributed by atoms with Gasteiger partial charge in [0.2, 0.25) is 0 Å². The fraction of sp³-hybridized carbons (Fsp3) is 0.0800. The predicted molar refractivity (Wildman–Crippen MR) is 124 cm³/mol. The summed E-state index contributed by atoms with van der Waals surface area (Å²) in [5.74, 6) is -0.259. The Morgan fingerprint density at radius 2 is 1.52 bits per heavy atom. The quantitative estimate of drug-likeness (QED) is 0.427. The standard InChI is InChI=1S/C25H19ClN2O5/c1-32-20-12-8-19(9-13-20)28-24(30)22(23(29)27-25(28)31)14-16-4-10-21(11-5-16)33-15-17-2-6-18(26)7-3-17/h2-14H,15H2,1H3,(H,27,29,31)/b22-14+. The largest absolute Gasteiger partial charge is 0.497 e. The number of carbonyl (C=O) groups is 3. The maximum atomic E-state index is 13.0. The minimum Gasteiger partial charge on any atom is -0.497 e. The van der Waals surface area contributed by atoms with E-state index in [1.54, 1.807) is 60.7 Å². The second-order valence-electron chi connectivity index (χ2n) is 7.14. The topological polar surface area (TPSA) is 84.9 Å². The Kier molecular flexibility index (Phi) is 6.42. The fourth-order valence-electron chi connectivity index (χ4n) is 3.20. The number of nitrogens with zero attached hydrogens (tertiary/aromatic N) is 1. The first-order valence-electron chi connectivity index (χ1n) is 9.97. The smallest absolute Gasteiger partial charge is 0.335 e. The van der Waals surface area contributed by atoms with Crippen LogP contribution in [0.15, 0.2) is 78.4 Å². The van der Waals surface area contributed by atoms with E-state index in [9.17, 15) is 14.4 Å². The van der Waals surface area contributed by atoms with E-state index < -0.39 is 17.8 Å². The molecule has 3 aromatic rings. The number of rotatable bonds is 6. The molecule has 1 fully saturated rings. The number of hydrogen-bond acceptors (Lipinski definition) is 5. The van der Waals surface area contributed by atoms with Crippen LogP contribution in [0, 0.1) is 0 Å². The van der Waals surface area contributed by atoms with Crippen LogP contribution in [0.25, 0.3) is 6.08 Å². The number of ether oxygens (including phenoxy) is 2. The Morgan fingerprint density at radius 3 is 2.15 bits per heavy atom. The lowest BCUT2D eigenvalue weighted by molar-refractivity contribution is -0.122. The van der Waals surface area contributed by atoms with Gasteiger partial charge in [0.25, 0.3) is 11.8 Å². The molecule has 1 aliphatic heterocycles. The molecule has 33 heavy (non-hydrogen) atoms. The van der Waals surface area contributed by atoms with E-state index in [0.717, 1.165) is 10.5 Å². The first kappa shape index (κ1) is 22.1. The Balaban J connectivity index is 1.50. The van der Waals surface area contributed by atoms with Crippen molar-refractivity contribution in [2.24, 2.45) is 0 Å². The summed E-state index contributed by atoms with van der Waals surface area (Å²) in [7, 11) is 1.52. The number of amides is 4. The molecule has 1 heterocycles. The lowest BCUT2D eigenvalue weighted by atomic mass is 10.1. The lowest BCUT2D eigenvalue weighted by Gasteiger charge is -2.26. The summed E-state index contributed by atoms with van der Waals surface area (Å²) < 4.78 is 10.9. The highest BCUT2D eigenvalue weighted by atomic mass is 35.5. The molecule has 1 N–H and O–H groups in total. The number of hydrogen-bond donors (Lipinski definition) is 1. The van der Waals surface area contributed by atoms with E-state index in [2.05, 4.69) is 5.32 Å². The highest BCUT2D eigenvalue weighted by Crippen LogP contribution is 2.25. The van der Waals surface area contributed by atoms with Crippen molar-refractivity contribution in [1.29, 1.82) is 0 Å². The van der Waals surface area contributed by atoms with Crippen molar-refractivity contribution in [2.75, 3.05) is 12.0 Å². The van der Waals surface area contributed by atoms with Crippen molar-refractivity contribution in [3.8, 4) is 11.5 Å². The first-order chi connectivity index (χ1) is 15.9. The second kappa shape index (κ2) is 9.58. The highest BCUT2D eigenvalue weighted by molar-refractivity contribution is 6.39. The fourth-order valence-corrected chi connectivity index (χ4v) is 3.32. The van der Waals surface area contributed by atoms with Crippen LogP contribution in [0.5, 0.6) is 11.5 Å². The molecule has 8 heteroatoms. The normalized spacial score (nSPS) is 14.9. The molecule has 0 aromatic heterocycles. The molecule has 0 radical (unpaired) electrons. The summed E-state index contributed by atoms with van der Waals surface area (Å²) in [5.41, 5.74) is 1.75. The van der Waals surface area contributed by atoms with Gasteiger partial charge in [-0.1, -0.05) is 35.9 Å². The molecule has 0 bridgehead atoms. The minimum absolute atomic E-state index is 0.153. The monoisotopic (exact) mass is 462 g/mol. The number of anilines is 1. The molecule has 0 unspecified atom stereocenters. The zero-order valence-electron chi connectivity index (χ0n) is 17.6. The second-order valence-corrected chi connectivity index (χ2v) is 7.58. The van der Waals surface area contributed by atoms with Crippen molar-refractivity contribution in [1.82, 2.24) is 5.32 Å².